The molecule has 1 N–H and O–H groups in total. The van der Waals surface area contributed by atoms with Crippen molar-refractivity contribution in [1.29, 1.82) is 10.5 Å². The number of benzene rings is 2. The summed E-state index contributed by atoms with van der Waals surface area (Å²) in [4.78, 5) is 42.6. The Morgan fingerprint density at radius 1 is 0.964 bits per heavy atom. The molecule has 2 aromatic carbocycles. The lowest BCUT2D eigenvalue weighted by Gasteiger charge is -2.01. The number of esters is 1. The van der Waals surface area contributed by atoms with E-state index in [0.717, 1.165) is 0 Å². The van der Waals surface area contributed by atoms with Crippen molar-refractivity contribution >= 4 is 24.5 Å². The summed E-state index contributed by atoms with van der Waals surface area (Å²) in [6.07, 6.45) is 1.29. The van der Waals surface area contributed by atoms with E-state index in [0.29, 0.717) is 34.8 Å². The van der Waals surface area contributed by atoms with Crippen LogP contribution in [0.4, 0.5) is 0 Å². The summed E-state index contributed by atoms with van der Waals surface area (Å²) in [7, 11) is 0. The van der Waals surface area contributed by atoms with Crippen LogP contribution in [-0.4, -0.2) is 36.2 Å². The predicted octanol–water partition coefficient (Wildman–Crippen LogP) is 2.44. The Bertz CT molecular complexity index is 952. The number of carbonyl (C=O) groups excluding carboxylic acids is 3. The number of nitrogens with zero attached hydrogens (tertiary/aromatic N) is 2. The lowest BCUT2D eigenvalue weighted by molar-refractivity contribution is 0.0554. The number of carboxylic acids is 1. The van der Waals surface area contributed by atoms with Crippen LogP contribution in [0.3, 0.4) is 0 Å². The standard InChI is InChI=1S/2C10H7NO3/c11-5-6-14-10(13)9-3-1-8(7-12)2-4-9;11-4-3-8-5-7(6-12)1-2-9(8)10(13)14/h1-4,7H,6H2;1-2,5-6H,3H2,(H,13,14). The van der Waals surface area contributed by atoms with Crippen LogP contribution in [0.1, 0.15) is 47.0 Å². The lowest BCUT2D eigenvalue weighted by atomic mass is 10.0. The van der Waals surface area contributed by atoms with Crippen molar-refractivity contribution in [2.75, 3.05) is 6.61 Å². The van der Waals surface area contributed by atoms with Crippen LogP contribution in [-0.2, 0) is 11.2 Å². The molecule has 0 aliphatic heterocycles. The van der Waals surface area contributed by atoms with Gasteiger partial charge in [-0.1, -0.05) is 18.2 Å². The summed E-state index contributed by atoms with van der Waals surface area (Å²) in [5, 5.41) is 25.4. The number of carbonyl (C=O) groups is 4. The number of nitriles is 2. The van der Waals surface area contributed by atoms with E-state index in [9.17, 15) is 19.2 Å². The maximum atomic E-state index is 11.1. The second-order valence-corrected chi connectivity index (χ2v) is 5.15. The van der Waals surface area contributed by atoms with Gasteiger partial charge in [0.2, 0.25) is 0 Å². The highest BCUT2D eigenvalue weighted by Gasteiger charge is 2.09. The molecule has 28 heavy (non-hydrogen) atoms. The fraction of sp³-hybridized carbons (Fsp3) is 0.100. The van der Waals surface area contributed by atoms with Crippen molar-refractivity contribution in [1.82, 2.24) is 0 Å². The van der Waals surface area contributed by atoms with E-state index in [4.69, 9.17) is 15.6 Å². The normalized spacial score (nSPS) is 8.93. The molecule has 0 aromatic heterocycles. The molecule has 0 aliphatic carbocycles. The Balaban J connectivity index is 0.000000280. The monoisotopic (exact) mass is 378 g/mol. The van der Waals surface area contributed by atoms with Crippen molar-refractivity contribution in [3.63, 3.8) is 0 Å². The maximum absolute atomic E-state index is 11.1. The van der Waals surface area contributed by atoms with Gasteiger partial charge in [0.15, 0.2) is 6.61 Å². The summed E-state index contributed by atoms with van der Waals surface area (Å²) in [5.74, 6) is -1.66. The van der Waals surface area contributed by atoms with Crippen molar-refractivity contribution in [2.45, 2.75) is 6.42 Å². The Hall–Kier alpha value is -4.30. The first-order chi connectivity index (χ1) is 13.5. The molecule has 0 heterocycles. The third-order valence-electron chi connectivity index (χ3n) is 3.32. The van der Waals surface area contributed by atoms with Crippen LogP contribution in [0.5, 0.6) is 0 Å². The van der Waals surface area contributed by atoms with Crippen LogP contribution in [0.2, 0.25) is 0 Å². The maximum Gasteiger partial charge on any atom is 0.339 e. The largest absolute Gasteiger partial charge is 0.478 e. The van der Waals surface area contributed by atoms with Gasteiger partial charge >= 0.3 is 11.9 Å². The first-order valence-electron chi connectivity index (χ1n) is 7.74. The molecule has 0 radical (unpaired) electrons. The molecule has 0 aliphatic rings. The van der Waals surface area contributed by atoms with Crippen LogP contribution >= 0.6 is 0 Å². The number of hydrogen-bond acceptors (Lipinski definition) is 7. The van der Waals surface area contributed by atoms with Crippen molar-refractivity contribution in [3.05, 3.63) is 70.3 Å². The molecule has 8 nitrogen and oxygen atoms in total. The molecule has 0 unspecified atom stereocenters. The molecule has 0 saturated heterocycles. The van der Waals surface area contributed by atoms with E-state index < -0.39 is 11.9 Å². The summed E-state index contributed by atoms with van der Waals surface area (Å²) in [5.41, 5.74) is 1.62. The molecular weight excluding hydrogens is 364 g/mol. The number of hydrogen-bond donors (Lipinski definition) is 1. The fourth-order valence-electron chi connectivity index (χ4n) is 2.01. The first-order valence-corrected chi connectivity index (χ1v) is 7.74. The average Bonchev–Trinajstić information content (AvgIpc) is 2.72. The van der Waals surface area contributed by atoms with Gasteiger partial charge in [0.25, 0.3) is 0 Å². The van der Waals surface area contributed by atoms with Gasteiger partial charge in [0, 0.05) is 11.1 Å². The predicted molar refractivity (Wildman–Crippen MR) is 95.8 cm³/mol. The van der Waals surface area contributed by atoms with Gasteiger partial charge in [-0.3, -0.25) is 9.59 Å². The highest BCUT2D eigenvalue weighted by molar-refractivity contribution is 5.91. The first kappa shape index (κ1) is 21.7. The van der Waals surface area contributed by atoms with Gasteiger partial charge in [-0.25, -0.2) is 9.59 Å². The molecule has 0 amide bonds. The fourth-order valence-corrected chi connectivity index (χ4v) is 2.01. The van der Waals surface area contributed by atoms with Gasteiger partial charge in [0.05, 0.1) is 23.6 Å². The van der Waals surface area contributed by atoms with Gasteiger partial charge < -0.3 is 9.84 Å². The minimum Gasteiger partial charge on any atom is -0.478 e. The highest BCUT2D eigenvalue weighted by Crippen LogP contribution is 2.12. The summed E-state index contributed by atoms with van der Waals surface area (Å²) < 4.78 is 4.56. The summed E-state index contributed by atoms with van der Waals surface area (Å²) in [6, 6.07) is 13.7. The zero-order valence-corrected chi connectivity index (χ0v) is 14.5. The molecule has 0 saturated carbocycles. The Morgan fingerprint density at radius 3 is 2.07 bits per heavy atom. The molecule has 2 rings (SSSR count). The van der Waals surface area contributed by atoms with E-state index in [1.54, 1.807) is 6.07 Å². The minimum absolute atomic E-state index is 0.0106. The average molecular weight is 378 g/mol. The number of carboxylic acid groups (broad SMARTS) is 1. The van der Waals surface area contributed by atoms with Crippen LogP contribution < -0.4 is 0 Å². The third-order valence-corrected chi connectivity index (χ3v) is 3.32. The molecule has 0 bridgehead atoms. The quantitative estimate of drug-likeness (QED) is 0.596. The number of rotatable bonds is 6. The second kappa shape index (κ2) is 11.3. The van der Waals surface area contributed by atoms with E-state index in [1.165, 1.54) is 42.5 Å². The van der Waals surface area contributed by atoms with E-state index in [-0.39, 0.29) is 18.6 Å². The van der Waals surface area contributed by atoms with E-state index in [1.807, 2.05) is 6.07 Å². The lowest BCUT2D eigenvalue weighted by Crippen LogP contribution is -2.05. The van der Waals surface area contributed by atoms with Crippen LogP contribution in [0.25, 0.3) is 0 Å². The molecule has 0 fully saturated rings. The zero-order chi connectivity index (χ0) is 20.9. The van der Waals surface area contributed by atoms with Gasteiger partial charge in [-0.15, -0.1) is 0 Å². The van der Waals surface area contributed by atoms with E-state index >= 15 is 0 Å². The Kier molecular flexibility index (Phi) is 8.81. The molecule has 0 spiro atoms. The third kappa shape index (κ3) is 6.54. The van der Waals surface area contributed by atoms with Crippen molar-refractivity contribution < 1.29 is 29.0 Å². The number of ether oxygens (including phenoxy) is 1. The Labute approximate surface area is 160 Å². The molecule has 2 aromatic rings. The second-order valence-electron chi connectivity index (χ2n) is 5.15. The molecular formula is C20H14N2O6. The highest BCUT2D eigenvalue weighted by atomic mass is 16.5. The number of aromatic carboxylic acids is 1. The van der Waals surface area contributed by atoms with Gasteiger partial charge in [0.1, 0.15) is 18.6 Å². The molecule has 140 valence electrons. The van der Waals surface area contributed by atoms with Crippen LogP contribution in [0, 0.1) is 22.7 Å². The number of aldehydes is 2. The van der Waals surface area contributed by atoms with Gasteiger partial charge in [-0.2, -0.15) is 10.5 Å². The molecule has 0 atom stereocenters. The van der Waals surface area contributed by atoms with E-state index in [2.05, 4.69) is 4.74 Å². The minimum atomic E-state index is -1.09. The summed E-state index contributed by atoms with van der Waals surface area (Å²) in [6.45, 7) is -0.270. The zero-order valence-electron chi connectivity index (χ0n) is 14.5. The van der Waals surface area contributed by atoms with Crippen LogP contribution in [0.15, 0.2) is 42.5 Å². The van der Waals surface area contributed by atoms with Crippen molar-refractivity contribution in [3.8, 4) is 12.1 Å². The Morgan fingerprint density at radius 2 is 1.57 bits per heavy atom. The topological polar surface area (TPSA) is 145 Å². The van der Waals surface area contributed by atoms with Gasteiger partial charge in [-0.05, 0) is 29.8 Å². The SMILES string of the molecule is N#CCOC(=O)c1ccc(C=O)cc1.N#CCc1cc(C=O)ccc1C(=O)O. The van der Waals surface area contributed by atoms with Crippen molar-refractivity contribution in [2.24, 2.45) is 0 Å². The molecule has 8 heteroatoms. The smallest absolute Gasteiger partial charge is 0.339 e. The summed E-state index contributed by atoms with van der Waals surface area (Å²) >= 11 is 0.